The predicted molar refractivity (Wildman–Crippen MR) is 141 cm³/mol. The van der Waals surface area contributed by atoms with Crippen LogP contribution >= 0.6 is 0 Å². The van der Waals surface area contributed by atoms with Gasteiger partial charge in [-0.2, -0.15) is 0 Å². The van der Waals surface area contributed by atoms with Crippen LogP contribution in [0.5, 0.6) is 0 Å². The summed E-state index contributed by atoms with van der Waals surface area (Å²) in [6.07, 6.45) is 0. The molecule has 3 heterocycles. The molecule has 2 aliphatic rings. The number of nitro benzene ring substituents is 1. The van der Waals surface area contributed by atoms with Crippen molar-refractivity contribution < 1.29 is 33.9 Å². The van der Waals surface area contributed by atoms with Crippen molar-refractivity contribution in [2.75, 3.05) is 6.61 Å². The Morgan fingerprint density at radius 1 is 1.00 bits per heavy atom. The Hall–Kier alpha value is -4.87. The quantitative estimate of drug-likeness (QED) is 0.181. The number of carbonyl (C=O) groups is 3. The highest BCUT2D eigenvalue weighted by Crippen LogP contribution is 2.49. The number of carboxylic acids is 1. The first kappa shape index (κ1) is 25.4. The van der Waals surface area contributed by atoms with Gasteiger partial charge >= 0.3 is 5.97 Å². The largest absolute Gasteiger partial charge is 0.480 e. The number of hydrogen-bond acceptors (Lipinski definition) is 8. The van der Waals surface area contributed by atoms with Crippen LogP contribution in [0.1, 0.15) is 17.4 Å². The molecule has 11 nitrogen and oxygen atoms in total. The molecule has 2 saturated heterocycles. The number of aliphatic carboxylic acids is 1. The first-order valence-corrected chi connectivity index (χ1v) is 12.5. The van der Waals surface area contributed by atoms with E-state index in [0.717, 1.165) is 21.2 Å². The molecule has 2 amide bonds. The highest BCUT2D eigenvalue weighted by atomic mass is 16.6. The lowest BCUT2D eigenvalue weighted by atomic mass is 9.80. The van der Waals surface area contributed by atoms with Crippen LogP contribution < -0.4 is 5.32 Å². The molecule has 0 radical (unpaired) electrons. The van der Waals surface area contributed by atoms with Crippen molar-refractivity contribution in [3.05, 3.63) is 100 Å². The standard InChI is InChI=1S/C29H23N3O8/c33-15-29(28(36)37)24-23(25(30-29)22-13-12-21(40-22)17-8-10-19(11-9-17)32(38)39)26(34)31(27(24)35)14-18-6-3-5-16-4-1-2-7-20(16)18/h1-13,23-25,30,33H,14-15H2,(H,36,37). The van der Waals surface area contributed by atoms with Crippen LogP contribution in [0.15, 0.2) is 83.3 Å². The Balaban J connectivity index is 1.37. The summed E-state index contributed by atoms with van der Waals surface area (Å²) in [5, 5.41) is 36.0. The van der Waals surface area contributed by atoms with E-state index in [0.29, 0.717) is 11.3 Å². The van der Waals surface area contributed by atoms with Crippen LogP contribution in [0.4, 0.5) is 5.69 Å². The summed E-state index contributed by atoms with van der Waals surface area (Å²) < 4.78 is 5.99. The van der Waals surface area contributed by atoms with E-state index in [9.17, 15) is 34.7 Å². The molecule has 0 aliphatic carbocycles. The summed E-state index contributed by atoms with van der Waals surface area (Å²) >= 11 is 0. The van der Waals surface area contributed by atoms with Crippen molar-refractivity contribution in [2.45, 2.75) is 18.1 Å². The number of rotatable bonds is 7. The zero-order valence-corrected chi connectivity index (χ0v) is 20.9. The van der Waals surface area contributed by atoms with E-state index in [1.165, 1.54) is 24.3 Å². The van der Waals surface area contributed by atoms with Gasteiger partial charge in [-0.25, -0.2) is 0 Å². The molecule has 4 atom stereocenters. The maximum atomic E-state index is 13.8. The molecule has 3 N–H and O–H groups in total. The smallest absolute Gasteiger partial charge is 0.327 e. The molecule has 0 saturated carbocycles. The van der Waals surface area contributed by atoms with Crippen molar-refractivity contribution in [1.29, 1.82) is 0 Å². The predicted octanol–water partition coefficient (Wildman–Crippen LogP) is 3.27. The molecule has 3 aromatic carbocycles. The molecule has 0 spiro atoms. The zero-order chi connectivity index (χ0) is 28.2. The fraction of sp³-hybridized carbons (Fsp3) is 0.207. The number of fused-ring (bicyclic) bond motifs is 2. The van der Waals surface area contributed by atoms with Crippen LogP contribution in [0.3, 0.4) is 0 Å². The highest BCUT2D eigenvalue weighted by molar-refractivity contribution is 6.09. The number of hydrogen-bond donors (Lipinski definition) is 3. The molecule has 1 aromatic heterocycles. The van der Waals surface area contributed by atoms with Crippen molar-refractivity contribution in [1.82, 2.24) is 10.2 Å². The lowest BCUT2D eigenvalue weighted by molar-refractivity contribution is -0.384. The van der Waals surface area contributed by atoms with Crippen LogP contribution in [0, 0.1) is 22.0 Å². The van der Waals surface area contributed by atoms with Gasteiger partial charge in [-0.3, -0.25) is 34.7 Å². The van der Waals surface area contributed by atoms with Crippen molar-refractivity contribution >= 4 is 34.2 Å². The highest BCUT2D eigenvalue weighted by Gasteiger charge is 2.69. The normalized spacial score (nSPS) is 24.0. The zero-order valence-electron chi connectivity index (χ0n) is 20.9. The fourth-order valence-corrected chi connectivity index (χ4v) is 5.90. The van der Waals surface area contributed by atoms with Crippen molar-refractivity contribution in [3.63, 3.8) is 0 Å². The molecule has 4 aromatic rings. The second-order valence-corrected chi connectivity index (χ2v) is 9.97. The number of aliphatic hydroxyl groups excluding tert-OH is 1. The number of carbonyl (C=O) groups excluding carboxylic acids is 2. The van der Waals surface area contributed by atoms with E-state index >= 15 is 0 Å². The number of benzene rings is 3. The number of nitro groups is 1. The molecule has 0 bridgehead atoms. The van der Waals surface area contributed by atoms with E-state index in [1.54, 1.807) is 12.1 Å². The number of amides is 2. The number of nitrogens with zero attached hydrogens (tertiary/aromatic N) is 2. The Bertz CT molecular complexity index is 1670. The summed E-state index contributed by atoms with van der Waals surface area (Å²) in [7, 11) is 0. The average Bonchev–Trinajstić information content (AvgIpc) is 3.65. The summed E-state index contributed by atoms with van der Waals surface area (Å²) in [6, 6.07) is 20.9. The number of non-ortho nitro benzene ring substituents is 1. The second-order valence-electron chi connectivity index (χ2n) is 9.97. The summed E-state index contributed by atoms with van der Waals surface area (Å²) in [4.78, 5) is 51.5. The number of aliphatic hydroxyl groups is 1. The van der Waals surface area contributed by atoms with Gasteiger partial charge in [0.1, 0.15) is 11.5 Å². The third-order valence-electron chi connectivity index (χ3n) is 7.88. The number of carboxylic acid groups (broad SMARTS) is 1. The molecule has 2 aliphatic heterocycles. The molecule has 6 rings (SSSR count). The Morgan fingerprint density at radius 3 is 2.42 bits per heavy atom. The maximum absolute atomic E-state index is 13.8. The molecule has 11 heteroatoms. The number of imide groups is 1. The van der Waals surface area contributed by atoms with Crippen molar-refractivity contribution in [3.8, 4) is 11.3 Å². The topological polar surface area (TPSA) is 163 Å². The van der Waals surface area contributed by atoms with Crippen LogP contribution in [0.2, 0.25) is 0 Å². The van der Waals surface area contributed by atoms with Gasteiger partial charge in [0, 0.05) is 17.7 Å². The van der Waals surface area contributed by atoms with Gasteiger partial charge in [-0.15, -0.1) is 0 Å². The Labute approximate surface area is 226 Å². The number of nitrogens with one attached hydrogen (secondary N) is 1. The molecule has 202 valence electrons. The first-order valence-electron chi connectivity index (χ1n) is 12.5. The molecule has 40 heavy (non-hydrogen) atoms. The lowest BCUT2D eigenvalue weighted by Crippen LogP contribution is -2.58. The lowest BCUT2D eigenvalue weighted by Gasteiger charge is -2.29. The maximum Gasteiger partial charge on any atom is 0.327 e. The number of furan rings is 1. The van der Waals surface area contributed by atoms with Gasteiger partial charge in [0.25, 0.3) is 5.69 Å². The second kappa shape index (κ2) is 9.40. The van der Waals surface area contributed by atoms with Gasteiger partial charge in [0.2, 0.25) is 11.8 Å². The monoisotopic (exact) mass is 541 g/mol. The third-order valence-corrected chi connectivity index (χ3v) is 7.88. The van der Waals surface area contributed by atoms with Crippen molar-refractivity contribution in [2.24, 2.45) is 11.8 Å². The summed E-state index contributed by atoms with van der Waals surface area (Å²) in [5.41, 5.74) is -0.931. The van der Waals surface area contributed by atoms with Gasteiger partial charge in [-0.1, -0.05) is 42.5 Å². The summed E-state index contributed by atoms with van der Waals surface area (Å²) in [5.74, 6) is -4.67. The molecule has 2 fully saturated rings. The average molecular weight is 542 g/mol. The minimum atomic E-state index is -2.10. The minimum Gasteiger partial charge on any atom is -0.480 e. The van der Waals surface area contributed by atoms with E-state index in [4.69, 9.17) is 4.42 Å². The van der Waals surface area contributed by atoms with Gasteiger partial charge < -0.3 is 14.6 Å². The van der Waals surface area contributed by atoms with Crippen LogP contribution in [0.25, 0.3) is 22.1 Å². The van der Waals surface area contributed by atoms with Gasteiger partial charge in [-0.05, 0) is 40.6 Å². The van der Waals surface area contributed by atoms with Gasteiger partial charge in [0.05, 0.1) is 36.0 Å². The van der Waals surface area contributed by atoms with E-state index < -0.39 is 52.7 Å². The fourth-order valence-electron chi connectivity index (χ4n) is 5.90. The Kier molecular flexibility index (Phi) is 5.97. The third kappa shape index (κ3) is 3.78. The molecular formula is C29H23N3O8. The minimum absolute atomic E-state index is 0.0495. The molecular weight excluding hydrogens is 518 g/mol. The number of likely N-dealkylation sites (tertiary alicyclic amines) is 1. The van der Waals surface area contributed by atoms with Crippen LogP contribution in [-0.4, -0.2) is 50.0 Å². The van der Waals surface area contributed by atoms with Gasteiger partial charge in [0.15, 0.2) is 5.54 Å². The Morgan fingerprint density at radius 2 is 1.73 bits per heavy atom. The van der Waals surface area contributed by atoms with E-state index in [1.807, 2.05) is 42.5 Å². The SMILES string of the molecule is O=C1C2C(c3ccc(-c4ccc([N+](=O)[O-])cc4)o3)NC(CO)(C(=O)O)C2C(=O)N1Cc1cccc2ccccc12. The van der Waals surface area contributed by atoms with Crippen LogP contribution in [-0.2, 0) is 20.9 Å². The summed E-state index contributed by atoms with van der Waals surface area (Å²) in [6.45, 7) is -0.969. The van der Waals surface area contributed by atoms with E-state index in [2.05, 4.69) is 5.32 Å². The van der Waals surface area contributed by atoms with E-state index in [-0.39, 0.29) is 18.0 Å². The molecule has 4 unspecified atom stereocenters. The first-order chi connectivity index (χ1) is 19.2.